The molecule has 2 N–H and O–H groups in total. The molecule has 0 aromatic carbocycles. The van der Waals surface area contributed by atoms with Crippen LogP contribution in [0.3, 0.4) is 0 Å². The van der Waals surface area contributed by atoms with E-state index in [0.29, 0.717) is 19.1 Å². The second-order valence-electron chi connectivity index (χ2n) is 5.76. The number of amides is 1. The van der Waals surface area contributed by atoms with Gasteiger partial charge in [0.2, 0.25) is 5.91 Å². The Morgan fingerprint density at radius 2 is 2.18 bits per heavy atom. The van der Waals surface area contributed by atoms with Crippen LogP contribution in [-0.4, -0.2) is 34.7 Å². The molecule has 1 aliphatic carbocycles. The largest absolute Gasteiger partial charge is 0.376 e. The van der Waals surface area contributed by atoms with Crippen molar-refractivity contribution in [3.8, 4) is 0 Å². The van der Waals surface area contributed by atoms with Gasteiger partial charge in [0.1, 0.15) is 6.54 Å². The van der Waals surface area contributed by atoms with Crippen LogP contribution in [0.5, 0.6) is 0 Å². The van der Waals surface area contributed by atoms with Crippen molar-refractivity contribution in [2.75, 3.05) is 13.2 Å². The van der Waals surface area contributed by atoms with Crippen molar-refractivity contribution in [1.82, 2.24) is 14.9 Å². The van der Waals surface area contributed by atoms with E-state index < -0.39 is 11.2 Å². The van der Waals surface area contributed by atoms with Gasteiger partial charge in [0.25, 0.3) is 5.56 Å². The number of H-pyrrole nitrogens is 1. The lowest BCUT2D eigenvalue weighted by Crippen LogP contribution is -2.37. The molecule has 2 rings (SSSR count). The zero-order valence-electron chi connectivity index (χ0n) is 12.8. The molecule has 0 unspecified atom stereocenters. The van der Waals surface area contributed by atoms with Gasteiger partial charge in [-0.2, -0.15) is 0 Å². The van der Waals surface area contributed by atoms with Crippen molar-refractivity contribution in [3.63, 3.8) is 0 Å². The van der Waals surface area contributed by atoms with E-state index >= 15 is 0 Å². The van der Waals surface area contributed by atoms with Crippen molar-refractivity contribution in [2.45, 2.75) is 45.3 Å². The molecular formula is C15H23N3O4. The first-order valence-electron chi connectivity index (χ1n) is 7.74. The van der Waals surface area contributed by atoms with Crippen LogP contribution in [0.25, 0.3) is 0 Å². The van der Waals surface area contributed by atoms with Crippen LogP contribution in [0.2, 0.25) is 0 Å². The molecule has 0 aliphatic heterocycles. The quantitative estimate of drug-likeness (QED) is 0.737. The zero-order valence-corrected chi connectivity index (χ0v) is 12.8. The summed E-state index contributed by atoms with van der Waals surface area (Å²) in [5.74, 6) is 0.290. The minimum atomic E-state index is -0.588. The second-order valence-corrected chi connectivity index (χ2v) is 5.76. The topological polar surface area (TPSA) is 93.2 Å². The molecule has 22 heavy (non-hydrogen) atoms. The monoisotopic (exact) mass is 309 g/mol. The van der Waals surface area contributed by atoms with E-state index in [1.165, 1.54) is 31.5 Å². The molecule has 0 bridgehead atoms. The van der Waals surface area contributed by atoms with E-state index in [0.717, 1.165) is 11.0 Å². The number of nitrogens with one attached hydrogen (secondary N) is 2. The summed E-state index contributed by atoms with van der Waals surface area (Å²) >= 11 is 0. The molecule has 7 heteroatoms. The predicted octanol–water partition coefficient (Wildman–Crippen LogP) is 0.248. The van der Waals surface area contributed by atoms with E-state index in [4.69, 9.17) is 4.74 Å². The van der Waals surface area contributed by atoms with Gasteiger partial charge in [-0.3, -0.25) is 19.1 Å². The summed E-state index contributed by atoms with van der Waals surface area (Å²) < 4.78 is 6.96. The number of nitrogens with zero attached hydrogens (tertiary/aromatic N) is 1. The van der Waals surface area contributed by atoms with Gasteiger partial charge in [0.05, 0.1) is 12.7 Å². The van der Waals surface area contributed by atoms with Crippen molar-refractivity contribution in [3.05, 3.63) is 33.1 Å². The summed E-state index contributed by atoms with van der Waals surface area (Å²) in [6.45, 7) is 2.97. The number of hydrogen-bond acceptors (Lipinski definition) is 4. The van der Waals surface area contributed by atoms with Crippen molar-refractivity contribution in [1.29, 1.82) is 0 Å². The van der Waals surface area contributed by atoms with Crippen molar-refractivity contribution < 1.29 is 9.53 Å². The van der Waals surface area contributed by atoms with Crippen LogP contribution in [0, 0.1) is 5.92 Å². The summed E-state index contributed by atoms with van der Waals surface area (Å²) in [6.07, 6.45) is 6.35. The summed E-state index contributed by atoms with van der Waals surface area (Å²) in [6, 6.07) is 1.21. The first-order valence-corrected chi connectivity index (χ1v) is 7.74. The molecule has 0 radical (unpaired) electrons. The third-order valence-electron chi connectivity index (χ3n) is 4.00. The lowest BCUT2D eigenvalue weighted by atomic mass is 9.88. The van der Waals surface area contributed by atoms with Crippen molar-refractivity contribution in [2.24, 2.45) is 5.92 Å². The summed E-state index contributed by atoms with van der Waals surface area (Å²) in [5.41, 5.74) is -1.06. The molecule has 1 aliphatic rings. The molecule has 122 valence electrons. The zero-order chi connectivity index (χ0) is 15.9. The highest BCUT2D eigenvalue weighted by molar-refractivity contribution is 5.75. The van der Waals surface area contributed by atoms with Crippen LogP contribution in [0.1, 0.15) is 32.6 Å². The summed E-state index contributed by atoms with van der Waals surface area (Å²) in [7, 11) is 0. The number of hydrogen-bond donors (Lipinski definition) is 2. The fourth-order valence-electron chi connectivity index (χ4n) is 2.71. The molecule has 1 saturated carbocycles. The predicted molar refractivity (Wildman–Crippen MR) is 81.7 cm³/mol. The average molecular weight is 309 g/mol. The Bertz CT molecular complexity index is 607. The van der Waals surface area contributed by atoms with Gasteiger partial charge < -0.3 is 10.1 Å². The Balaban J connectivity index is 1.69. The first kappa shape index (κ1) is 16.5. The van der Waals surface area contributed by atoms with E-state index in [-0.39, 0.29) is 18.6 Å². The Morgan fingerprint density at radius 3 is 2.91 bits per heavy atom. The van der Waals surface area contributed by atoms with Crippen LogP contribution in [0.15, 0.2) is 21.9 Å². The van der Waals surface area contributed by atoms with Gasteiger partial charge in [0.15, 0.2) is 0 Å². The highest BCUT2D eigenvalue weighted by Crippen LogP contribution is 2.25. The molecule has 7 nitrogen and oxygen atoms in total. The minimum absolute atomic E-state index is 0.116. The maximum Gasteiger partial charge on any atom is 0.328 e. The third-order valence-corrected chi connectivity index (χ3v) is 4.00. The van der Waals surface area contributed by atoms with Crippen LogP contribution in [-0.2, 0) is 16.1 Å². The molecule has 0 saturated heterocycles. The molecule has 1 aromatic heterocycles. The number of carbonyl (C=O) groups excluding carboxylic acids is 1. The average Bonchev–Trinajstić information content (AvgIpc) is 2.48. The van der Waals surface area contributed by atoms with E-state index in [1.54, 1.807) is 0 Å². The summed E-state index contributed by atoms with van der Waals surface area (Å²) in [4.78, 5) is 36.2. The molecule has 0 spiro atoms. The van der Waals surface area contributed by atoms with Gasteiger partial charge in [-0.1, -0.05) is 19.8 Å². The van der Waals surface area contributed by atoms with E-state index in [1.807, 2.05) is 0 Å². The molecule has 1 amide bonds. The van der Waals surface area contributed by atoms with Gasteiger partial charge in [-0.25, -0.2) is 4.79 Å². The highest BCUT2D eigenvalue weighted by atomic mass is 16.5. The fourth-order valence-corrected chi connectivity index (χ4v) is 2.71. The number of aromatic amines is 1. The number of aromatic nitrogens is 2. The lowest BCUT2D eigenvalue weighted by Gasteiger charge is -2.28. The fraction of sp³-hybridized carbons (Fsp3) is 0.667. The van der Waals surface area contributed by atoms with E-state index in [2.05, 4.69) is 17.2 Å². The second kappa shape index (κ2) is 7.93. The standard InChI is InChI=1S/C15H23N3O4/c1-11-4-2-3-5-12(11)22-9-7-16-14(20)10-18-8-6-13(19)17-15(18)21/h6,8,11-12H,2-5,7,9-10H2,1H3,(H,16,20)(H,17,19,21)/t11-,12-/m1/s1. The lowest BCUT2D eigenvalue weighted by molar-refractivity contribution is -0.122. The minimum Gasteiger partial charge on any atom is -0.376 e. The Morgan fingerprint density at radius 1 is 1.41 bits per heavy atom. The van der Waals surface area contributed by atoms with Crippen LogP contribution >= 0.6 is 0 Å². The van der Waals surface area contributed by atoms with Crippen LogP contribution in [0.4, 0.5) is 0 Å². The molecular weight excluding hydrogens is 286 g/mol. The molecule has 1 heterocycles. The van der Waals surface area contributed by atoms with E-state index in [9.17, 15) is 14.4 Å². The maximum atomic E-state index is 11.7. The van der Waals surface area contributed by atoms with Gasteiger partial charge in [-0.05, 0) is 18.8 Å². The molecule has 2 atom stereocenters. The molecule has 1 fully saturated rings. The normalized spacial score (nSPS) is 21.5. The number of rotatable bonds is 6. The number of carbonyl (C=O) groups is 1. The maximum absolute atomic E-state index is 11.7. The Hall–Kier alpha value is -1.89. The molecule has 1 aromatic rings. The van der Waals surface area contributed by atoms with Gasteiger partial charge in [0, 0.05) is 18.8 Å². The SMILES string of the molecule is C[C@@H]1CCCC[C@H]1OCCNC(=O)Cn1ccc(=O)[nH]c1=O. The van der Waals surface area contributed by atoms with Gasteiger partial charge >= 0.3 is 5.69 Å². The Labute approximate surface area is 128 Å². The van der Waals surface area contributed by atoms with Crippen molar-refractivity contribution >= 4 is 5.91 Å². The van der Waals surface area contributed by atoms with Crippen LogP contribution < -0.4 is 16.6 Å². The Kier molecular flexibility index (Phi) is 5.94. The smallest absolute Gasteiger partial charge is 0.328 e. The summed E-state index contributed by atoms with van der Waals surface area (Å²) in [5, 5.41) is 2.71. The highest BCUT2D eigenvalue weighted by Gasteiger charge is 2.21. The number of ether oxygens (including phenoxy) is 1. The first-order chi connectivity index (χ1) is 10.6. The third kappa shape index (κ3) is 4.84. The van der Waals surface area contributed by atoms with Gasteiger partial charge in [-0.15, -0.1) is 0 Å².